The molecule has 0 aliphatic carbocycles. The molecule has 0 heterocycles. The lowest BCUT2D eigenvalue weighted by Crippen LogP contribution is -2.34. The van der Waals surface area contributed by atoms with E-state index in [1.807, 2.05) is 7.05 Å². The summed E-state index contributed by atoms with van der Waals surface area (Å²) in [4.78, 5) is 0. The van der Waals surface area contributed by atoms with Crippen LogP contribution in [0.15, 0.2) is 12.1 Å². The first-order valence-corrected chi connectivity index (χ1v) is 6.40. The molecular formula is C16H27N. The quantitative estimate of drug-likeness (QED) is 0.812. The molecule has 1 rings (SSSR count). The van der Waals surface area contributed by atoms with E-state index in [4.69, 9.17) is 0 Å². The summed E-state index contributed by atoms with van der Waals surface area (Å²) in [7, 11) is 2.03. The van der Waals surface area contributed by atoms with Gasteiger partial charge >= 0.3 is 0 Å². The van der Waals surface area contributed by atoms with Crippen molar-refractivity contribution in [1.82, 2.24) is 5.32 Å². The third-order valence-electron chi connectivity index (χ3n) is 3.66. The highest BCUT2D eigenvalue weighted by atomic mass is 14.9. The SMILES string of the molecule is CNC(C)(C)c1cc(C)cc(C(C)(C)C)c1C. The zero-order chi connectivity index (χ0) is 13.4. The van der Waals surface area contributed by atoms with Gasteiger partial charge in [-0.05, 0) is 56.8 Å². The van der Waals surface area contributed by atoms with E-state index in [1.54, 1.807) is 0 Å². The van der Waals surface area contributed by atoms with Gasteiger partial charge in [0.25, 0.3) is 0 Å². The van der Waals surface area contributed by atoms with Crippen molar-refractivity contribution in [2.24, 2.45) is 0 Å². The zero-order valence-corrected chi connectivity index (χ0v) is 12.7. The summed E-state index contributed by atoms with van der Waals surface area (Å²) < 4.78 is 0. The summed E-state index contributed by atoms with van der Waals surface area (Å²) in [5, 5.41) is 3.40. The second-order valence-electron chi connectivity index (χ2n) is 6.61. The van der Waals surface area contributed by atoms with E-state index in [0.717, 1.165) is 0 Å². The largest absolute Gasteiger partial charge is 0.311 e. The molecular weight excluding hydrogens is 206 g/mol. The molecule has 0 saturated carbocycles. The van der Waals surface area contributed by atoms with Crippen molar-refractivity contribution < 1.29 is 0 Å². The first-order valence-electron chi connectivity index (χ1n) is 6.40. The summed E-state index contributed by atoms with van der Waals surface area (Å²) in [5.41, 5.74) is 5.85. The second kappa shape index (κ2) is 4.45. The Balaban J connectivity index is 3.50. The highest BCUT2D eigenvalue weighted by Crippen LogP contribution is 2.33. The Morgan fingerprint density at radius 3 is 1.76 bits per heavy atom. The molecule has 0 atom stereocenters. The highest BCUT2D eigenvalue weighted by Gasteiger charge is 2.25. The van der Waals surface area contributed by atoms with E-state index in [2.05, 4.69) is 65.9 Å². The van der Waals surface area contributed by atoms with Crippen LogP contribution in [-0.2, 0) is 11.0 Å². The lowest BCUT2D eigenvalue weighted by molar-refractivity contribution is 0.439. The van der Waals surface area contributed by atoms with Gasteiger partial charge in [-0.1, -0.05) is 38.5 Å². The van der Waals surface area contributed by atoms with Gasteiger partial charge in [0.15, 0.2) is 0 Å². The van der Waals surface area contributed by atoms with Crippen LogP contribution in [0.25, 0.3) is 0 Å². The summed E-state index contributed by atoms with van der Waals surface area (Å²) in [6, 6.07) is 4.63. The van der Waals surface area contributed by atoms with E-state index in [1.165, 1.54) is 22.3 Å². The zero-order valence-electron chi connectivity index (χ0n) is 12.7. The van der Waals surface area contributed by atoms with Gasteiger partial charge in [0, 0.05) is 5.54 Å². The molecule has 1 aromatic rings. The molecule has 1 heteroatoms. The fourth-order valence-electron chi connectivity index (χ4n) is 2.42. The predicted octanol–water partition coefficient (Wildman–Crippen LogP) is 4.06. The summed E-state index contributed by atoms with van der Waals surface area (Å²) in [6.07, 6.45) is 0. The van der Waals surface area contributed by atoms with E-state index >= 15 is 0 Å². The molecule has 0 saturated heterocycles. The smallest absolute Gasteiger partial charge is 0.0377 e. The first-order chi connectivity index (χ1) is 7.59. The molecule has 96 valence electrons. The predicted molar refractivity (Wildman–Crippen MR) is 76.7 cm³/mol. The molecule has 1 nitrogen and oxygen atoms in total. The third kappa shape index (κ3) is 2.90. The van der Waals surface area contributed by atoms with Gasteiger partial charge in [-0.25, -0.2) is 0 Å². The maximum atomic E-state index is 3.40. The fraction of sp³-hybridized carbons (Fsp3) is 0.625. The van der Waals surface area contributed by atoms with Gasteiger partial charge in [0.1, 0.15) is 0 Å². The van der Waals surface area contributed by atoms with Gasteiger partial charge in [-0.2, -0.15) is 0 Å². The molecule has 0 aliphatic rings. The molecule has 0 aromatic heterocycles. The lowest BCUT2D eigenvalue weighted by atomic mass is 9.78. The minimum atomic E-state index is 0.0239. The van der Waals surface area contributed by atoms with Crippen LogP contribution in [0.5, 0.6) is 0 Å². The van der Waals surface area contributed by atoms with Crippen LogP contribution in [0, 0.1) is 13.8 Å². The van der Waals surface area contributed by atoms with Crippen molar-refractivity contribution in [2.75, 3.05) is 7.05 Å². The number of benzene rings is 1. The molecule has 0 radical (unpaired) electrons. The highest BCUT2D eigenvalue weighted by molar-refractivity contribution is 5.44. The first kappa shape index (κ1) is 14.2. The van der Waals surface area contributed by atoms with Crippen LogP contribution in [0.3, 0.4) is 0 Å². The topological polar surface area (TPSA) is 12.0 Å². The number of hydrogen-bond donors (Lipinski definition) is 1. The van der Waals surface area contributed by atoms with E-state index in [0.29, 0.717) is 0 Å². The monoisotopic (exact) mass is 233 g/mol. The number of hydrogen-bond acceptors (Lipinski definition) is 1. The fourth-order valence-corrected chi connectivity index (χ4v) is 2.42. The molecule has 1 aromatic carbocycles. The van der Waals surface area contributed by atoms with Gasteiger partial charge in [0.2, 0.25) is 0 Å². The molecule has 0 aliphatic heterocycles. The van der Waals surface area contributed by atoms with Gasteiger partial charge in [-0.15, -0.1) is 0 Å². The Labute approximate surface area is 107 Å². The van der Waals surface area contributed by atoms with Crippen molar-refractivity contribution in [3.05, 3.63) is 34.4 Å². The van der Waals surface area contributed by atoms with Gasteiger partial charge in [0.05, 0.1) is 0 Å². The molecule has 0 fully saturated rings. The molecule has 1 N–H and O–H groups in total. The van der Waals surface area contributed by atoms with E-state index in [9.17, 15) is 0 Å². The third-order valence-corrected chi connectivity index (χ3v) is 3.66. The Morgan fingerprint density at radius 1 is 0.882 bits per heavy atom. The summed E-state index contributed by atoms with van der Waals surface area (Å²) in [6.45, 7) is 15.8. The van der Waals surface area contributed by atoms with Gasteiger partial charge < -0.3 is 5.32 Å². The second-order valence-corrected chi connectivity index (χ2v) is 6.61. The van der Waals surface area contributed by atoms with Crippen molar-refractivity contribution in [2.45, 2.75) is 59.4 Å². The van der Waals surface area contributed by atoms with Crippen LogP contribution in [-0.4, -0.2) is 7.05 Å². The number of aryl methyl sites for hydroxylation is 1. The van der Waals surface area contributed by atoms with Crippen molar-refractivity contribution in [3.8, 4) is 0 Å². The number of nitrogens with one attached hydrogen (secondary N) is 1. The van der Waals surface area contributed by atoms with Crippen molar-refractivity contribution in [3.63, 3.8) is 0 Å². The van der Waals surface area contributed by atoms with Crippen molar-refractivity contribution in [1.29, 1.82) is 0 Å². The summed E-state index contributed by atoms with van der Waals surface area (Å²) in [5.74, 6) is 0. The summed E-state index contributed by atoms with van der Waals surface area (Å²) >= 11 is 0. The average Bonchev–Trinajstić information content (AvgIpc) is 2.19. The molecule has 0 amide bonds. The van der Waals surface area contributed by atoms with Crippen LogP contribution >= 0.6 is 0 Å². The van der Waals surface area contributed by atoms with Gasteiger partial charge in [-0.3, -0.25) is 0 Å². The Kier molecular flexibility index (Phi) is 3.73. The average molecular weight is 233 g/mol. The lowest BCUT2D eigenvalue weighted by Gasteiger charge is -2.31. The van der Waals surface area contributed by atoms with Crippen molar-refractivity contribution >= 4 is 0 Å². The molecule has 17 heavy (non-hydrogen) atoms. The van der Waals surface area contributed by atoms with E-state index in [-0.39, 0.29) is 11.0 Å². The Bertz CT molecular complexity index is 408. The standard InChI is InChI=1S/C16H27N/c1-11-9-13(15(3,4)5)12(2)14(10-11)16(6,7)17-8/h9-10,17H,1-8H3. The minimum Gasteiger partial charge on any atom is -0.311 e. The Morgan fingerprint density at radius 2 is 1.35 bits per heavy atom. The minimum absolute atomic E-state index is 0.0239. The maximum absolute atomic E-state index is 3.40. The molecule has 0 bridgehead atoms. The van der Waals surface area contributed by atoms with Crippen LogP contribution in [0.2, 0.25) is 0 Å². The molecule has 0 spiro atoms. The normalized spacial score (nSPS) is 12.9. The Hall–Kier alpha value is -0.820. The van der Waals surface area contributed by atoms with Crippen LogP contribution in [0.4, 0.5) is 0 Å². The molecule has 0 unspecified atom stereocenters. The number of rotatable bonds is 2. The maximum Gasteiger partial charge on any atom is 0.0377 e. The van der Waals surface area contributed by atoms with Crippen LogP contribution in [0.1, 0.15) is 56.9 Å². The van der Waals surface area contributed by atoms with Crippen LogP contribution < -0.4 is 5.32 Å². The van der Waals surface area contributed by atoms with E-state index < -0.39 is 0 Å².